The van der Waals surface area contributed by atoms with Crippen molar-refractivity contribution in [2.75, 3.05) is 30.8 Å². The summed E-state index contributed by atoms with van der Waals surface area (Å²) in [6.07, 6.45) is 1.26. The first-order chi connectivity index (χ1) is 9.61. The molecule has 4 nitrogen and oxygen atoms in total. The highest BCUT2D eigenvalue weighted by molar-refractivity contribution is 6.18. The van der Waals surface area contributed by atoms with Crippen molar-refractivity contribution in [3.63, 3.8) is 0 Å². The van der Waals surface area contributed by atoms with Crippen molar-refractivity contribution in [3.05, 3.63) is 29.6 Å². The van der Waals surface area contributed by atoms with E-state index in [1.54, 1.807) is 11.0 Å². The van der Waals surface area contributed by atoms with Crippen LogP contribution in [-0.2, 0) is 0 Å². The first-order valence-electron chi connectivity index (χ1n) is 6.68. The molecule has 6 heteroatoms. The van der Waals surface area contributed by atoms with E-state index in [4.69, 9.17) is 11.6 Å². The monoisotopic (exact) mass is 300 g/mol. The van der Waals surface area contributed by atoms with Crippen molar-refractivity contribution < 1.29 is 14.3 Å². The Morgan fingerprint density at radius 2 is 2.15 bits per heavy atom. The number of amides is 1. The Bertz CT molecular complexity index is 478. The summed E-state index contributed by atoms with van der Waals surface area (Å²) in [6.45, 7) is 1.63. The van der Waals surface area contributed by atoms with Crippen LogP contribution < -0.4 is 5.32 Å². The molecule has 1 fully saturated rings. The van der Waals surface area contributed by atoms with E-state index in [1.807, 2.05) is 0 Å². The number of hydrogen-bond donors (Lipinski definition) is 2. The van der Waals surface area contributed by atoms with Crippen molar-refractivity contribution in [1.29, 1.82) is 0 Å². The number of aliphatic hydroxyl groups excluding tert-OH is 1. The molecule has 1 heterocycles. The molecule has 1 aliphatic heterocycles. The lowest BCUT2D eigenvalue weighted by Gasteiger charge is -2.16. The normalized spacial score (nSPS) is 16.2. The molecule has 0 spiro atoms. The average Bonchev–Trinajstić information content (AvgIpc) is 2.98. The van der Waals surface area contributed by atoms with Gasteiger partial charge in [0.25, 0.3) is 5.91 Å². The van der Waals surface area contributed by atoms with Gasteiger partial charge < -0.3 is 15.3 Å². The quantitative estimate of drug-likeness (QED) is 0.819. The summed E-state index contributed by atoms with van der Waals surface area (Å²) < 4.78 is 14.0. The van der Waals surface area contributed by atoms with Gasteiger partial charge in [0.2, 0.25) is 0 Å². The highest BCUT2D eigenvalue weighted by Gasteiger charge is 2.22. The first-order valence-corrected chi connectivity index (χ1v) is 7.22. The third kappa shape index (κ3) is 3.61. The third-order valence-corrected chi connectivity index (χ3v) is 3.67. The van der Waals surface area contributed by atoms with Crippen LogP contribution in [-0.4, -0.2) is 47.5 Å². The van der Waals surface area contributed by atoms with Crippen LogP contribution in [0.5, 0.6) is 0 Å². The molecule has 0 saturated carbocycles. The largest absolute Gasteiger partial charge is 0.390 e. The van der Waals surface area contributed by atoms with E-state index in [1.165, 1.54) is 12.1 Å². The number of nitrogens with zero attached hydrogens (tertiary/aromatic N) is 1. The minimum absolute atomic E-state index is 0.0929. The summed E-state index contributed by atoms with van der Waals surface area (Å²) in [6, 6.07) is 4.38. The molecule has 0 aliphatic carbocycles. The summed E-state index contributed by atoms with van der Waals surface area (Å²) in [7, 11) is 0. The number of rotatable bonds is 5. The topological polar surface area (TPSA) is 52.6 Å². The van der Waals surface area contributed by atoms with Crippen LogP contribution in [0.25, 0.3) is 0 Å². The van der Waals surface area contributed by atoms with Gasteiger partial charge >= 0.3 is 0 Å². The predicted molar refractivity (Wildman–Crippen MR) is 76.8 cm³/mol. The van der Waals surface area contributed by atoms with Gasteiger partial charge in [0.05, 0.1) is 17.5 Å². The Hall–Kier alpha value is -1.33. The number of likely N-dealkylation sites (tertiary alicyclic amines) is 1. The number of nitrogens with one attached hydrogen (secondary N) is 1. The molecule has 1 aliphatic rings. The van der Waals surface area contributed by atoms with Gasteiger partial charge in [-0.1, -0.05) is 0 Å². The minimum Gasteiger partial charge on any atom is -0.390 e. The molecule has 1 amide bonds. The van der Waals surface area contributed by atoms with E-state index in [9.17, 15) is 14.3 Å². The van der Waals surface area contributed by atoms with Gasteiger partial charge in [-0.3, -0.25) is 4.79 Å². The zero-order chi connectivity index (χ0) is 14.5. The van der Waals surface area contributed by atoms with Gasteiger partial charge in [-0.05, 0) is 31.0 Å². The van der Waals surface area contributed by atoms with Crippen LogP contribution in [0.1, 0.15) is 23.2 Å². The second kappa shape index (κ2) is 6.90. The van der Waals surface area contributed by atoms with Crippen LogP contribution in [0.3, 0.4) is 0 Å². The SMILES string of the molecule is O=C(c1ccc(NCC(O)CCl)cc1F)N1CCCC1. The lowest BCUT2D eigenvalue weighted by Crippen LogP contribution is -2.28. The van der Waals surface area contributed by atoms with Crippen LogP contribution in [0.4, 0.5) is 10.1 Å². The summed E-state index contributed by atoms with van der Waals surface area (Å²) in [5, 5.41) is 12.2. The lowest BCUT2D eigenvalue weighted by molar-refractivity contribution is 0.0788. The molecule has 0 radical (unpaired) electrons. The zero-order valence-corrected chi connectivity index (χ0v) is 11.9. The number of halogens is 2. The van der Waals surface area contributed by atoms with Gasteiger partial charge in [-0.15, -0.1) is 11.6 Å². The number of carbonyl (C=O) groups excluding carboxylic acids is 1. The highest BCUT2D eigenvalue weighted by atomic mass is 35.5. The number of hydrogen-bond acceptors (Lipinski definition) is 3. The zero-order valence-electron chi connectivity index (χ0n) is 11.1. The molecule has 1 atom stereocenters. The minimum atomic E-state index is -0.689. The molecule has 2 rings (SSSR count). The van der Waals surface area contributed by atoms with E-state index < -0.39 is 11.9 Å². The fourth-order valence-corrected chi connectivity index (χ4v) is 2.29. The Morgan fingerprint density at radius 1 is 1.45 bits per heavy atom. The van der Waals surface area contributed by atoms with Crippen molar-refractivity contribution in [2.45, 2.75) is 18.9 Å². The Kier molecular flexibility index (Phi) is 5.20. The second-order valence-electron chi connectivity index (χ2n) is 4.88. The number of carbonyl (C=O) groups is 1. The molecule has 0 aromatic heterocycles. The van der Waals surface area contributed by atoms with E-state index in [-0.39, 0.29) is 23.9 Å². The van der Waals surface area contributed by atoms with E-state index in [0.717, 1.165) is 12.8 Å². The van der Waals surface area contributed by atoms with E-state index >= 15 is 0 Å². The average molecular weight is 301 g/mol. The molecule has 20 heavy (non-hydrogen) atoms. The maximum Gasteiger partial charge on any atom is 0.256 e. The molecule has 1 aromatic carbocycles. The predicted octanol–water partition coefficient (Wildman–Crippen LogP) is 2.07. The smallest absolute Gasteiger partial charge is 0.256 e. The molecule has 0 bridgehead atoms. The highest BCUT2D eigenvalue weighted by Crippen LogP contribution is 2.19. The van der Waals surface area contributed by atoms with Gasteiger partial charge in [0.15, 0.2) is 0 Å². The van der Waals surface area contributed by atoms with E-state index in [0.29, 0.717) is 18.8 Å². The molecule has 110 valence electrons. The van der Waals surface area contributed by atoms with Crippen LogP contribution in [0, 0.1) is 5.82 Å². The van der Waals surface area contributed by atoms with Crippen molar-refractivity contribution in [2.24, 2.45) is 0 Å². The number of benzene rings is 1. The maximum absolute atomic E-state index is 14.0. The summed E-state index contributed by atoms with van der Waals surface area (Å²) >= 11 is 5.47. The molecule has 1 unspecified atom stereocenters. The number of anilines is 1. The van der Waals surface area contributed by atoms with Crippen molar-refractivity contribution in [1.82, 2.24) is 4.90 Å². The Morgan fingerprint density at radius 3 is 2.75 bits per heavy atom. The van der Waals surface area contributed by atoms with Crippen molar-refractivity contribution >= 4 is 23.2 Å². The van der Waals surface area contributed by atoms with Gasteiger partial charge in [0, 0.05) is 25.3 Å². The second-order valence-corrected chi connectivity index (χ2v) is 5.19. The van der Waals surface area contributed by atoms with Gasteiger partial charge in [-0.25, -0.2) is 4.39 Å². The third-order valence-electron chi connectivity index (χ3n) is 3.31. The van der Waals surface area contributed by atoms with E-state index in [2.05, 4.69) is 5.32 Å². The summed E-state index contributed by atoms with van der Waals surface area (Å²) in [4.78, 5) is 13.8. The maximum atomic E-state index is 14.0. The van der Waals surface area contributed by atoms with Crippen LogP contribution >= 0.6 is 11.6 Å². The molecule has 1 aromatic rings. The van der Waals surface area contributed by atoms with Gasteiger partial charge in [-0.2, -0.15) is 0 Å². The van der Waals surface area contributed by atoms with Gasteiger partial charge in [0.1, 0.15) is 5.82 Å². The Balaban J connectivity index is 2.03. The fourth-order valence-electron chi connectivity index (χ4n) is 2.18. The Labute approximate surface area is 122 Å². The number of aliphatic hydroxyl groups is 1. The molecule has 2 N–H and O–H groups in total. The summed E-state index contributed by atoms with van der Waals surface area (Å²) in [5.74, 6) is -0.694. The number of alkyl halides is 1. The lowest BCUT2D eigenvalue weighted by atomic mass is 10.1. The standard InChI is InChI=1S/C14H18ClFN2O2/c15-8-11(19)9-17-10-3-4-12(13(16)7-10)14(20)18-5-1-2-6-18/h3-4,7,11,17,19H,1-2,5-6,8-9H2. The molecular weight excluding hydrogens is 283 g/mol. The van der Waals surface area contributed by atoms with Crippen LogP contribution in [0.2, 0.25) is 0 Å². The molecular formula is C14H18ClFN2O2. The summed E-state index contributed by atoms with van der Waals surface area (Å²) in [5.41, 5.74) is 0.611. The molecule has 1 saturated heterocycles. The fraction of sp³-hybridized carbons (Fsp3) is 0.500. The van der Waals surface area contributed by atoms with Crippen LogP contribution in [0.15, 0.2) is 18.2 Å². The first kappa shape index (κ1) is 15.1. The van der Waals surface area contributed by atoms with Crippen molar-refractivity contribution in [3.8, 4) is 0 Å².